The molecule has 1 N–H and O–H groups in total. The molecule has 0 amide bonds. The van der Waals surface area contributed by atoms with Gasteiger partial charge in [0.1, 0.15) is 5.76 Å². The van der Waals surface area contributed by atoms with Crippen LogP contribution in [0.1, 0.15) is 32.2 Å². The Hall–Kier alpha value is -2.62. The van der Waals surface area contributed by atoms with Crippen molar-refractivity contribution in [2.45, 2.75) is 6.92 Å². The number of carboxylic acid groups (broad SMARTS) is 1. The molecule has 4 heteroatoms. The van der Waals surface area contributed by atoms with Crippen LogP contribution in [0, 0.1) is 6.92 Å². The van der Waals surface area contributed by atoms with E-state index < -0.39 is 5.97 Å². The fraction of sp³-hybridized carbons (Fsp3) is 0.0667. The number of furan rings is 1. The Morgan fingerprint density at radius 1 is 1.11 bits per heavy atom. The van der Waals surface area contributed by atoms with Crippen molar-refractivity contribution in [3.63, 3.8) is 0 Å². The Bertz CT molecular complexity index is 632. The minimum Gasteiger partial charge on any atom is -0.478 e. The van der Waals surface area contributed by atoms with Crippen LogP contribution < -0.4 is 0 Å². The van der Waals surface area contributed by atoms with E-state index in [1.807, 2.05) is 0 Å². The first kappa shape index (κ1) is 12.8. The average Bonchev–Trinajstić information content (AvgIpc) is 2.83. The number of carbonyl (C=O) groups is 2. The standard InChI is InChI=1S/C15H12O4/c1-10-2-9-14(19-10)13(16)8-5-11-3-6-12(7-4-11)15(17)18/h2-9H,1H3,(H,17,18)/b8-5+. The Labute approximate surface area is 110 Å². The van der Waals surface area contributed by atoms with Crippen molar-refractivity contribution >= 4 is 17.8 Å². The predicted octanol–water partition coefficient (Wildman–Crippen LogP) is 3.18. The van der Waals surface area contributed by atoms with Gasteiger partial charge in [-0.15, -0.1) is 0 Å². The number of aromatic carboxylic acids is 1. The van der Waals surface area contributed by atoms with Gasteiger partial charge in [0.25, 0.3) is 0 Å². The van der Waals surface area contributed by atoms with Crippen LogP contribution >= 0.6 is 0 Å². The van der Waals surface area contributed by atoms with Crippen LogP contribution in [0.25, 0.3) is 6.08 Å². The largest absolute Gasteiger partial charge is 0.478 e. The number of carbonyl (C=O) groups excluding carboxylic acids is 1. The van der Waals surface area contributed by atoms with Crippen molar-refractivity contribution in [2.24, 2.45) is 0 Å². The fourth-order valence-corrected chi connectivity index (χ4v) is 1.56. The molecule has 19 heavy (non-hydrogen) atoms. The van der Waals surface area contributed by atoms with Crippen molar-refractivity contribution in [1.82, 2.24) is 0 Å². The number of carboxylic acids is 1. The Kier molecular flexibility index (Phi) is 3.61. The van der Waals surface area contributed by atoms with Crippen LogP contribution in [0.4, 0.5) is 0 Å². The van der Waals surface area contributed by atoms with Gasteiger partial charge in [-0.25, -0.2) is 4.79 Å². The molecule has 2 rings (SSSR count). The molecule has 1 aromatic heterocycles. The first-order chi connectivity index (χ1) is 9.06. The number of allylic oxidation sites excluding steroid dienone is 1. The molecule has 0 aliphatic heterocycles. The number of rotatable bonds is 4. The summed E-state index contributed by atoms with van der Waals surface area (Å²) in [4.78, 5) is 22.4. The third-order valence-electron chi connectivity index (χ3n) is 2.57. The molecule has 0 fully saturated rings. The number of benzene rings is 1. The Balaban J connectivity index is 2.10. The van der Waals surface area contributed by atoms with Gasteiger partial charge in [0.15, 0.2) is 5.76 Å². The molecule has 1 heterocycles. The number of hydrogen-bond donors (Lipinski definition) is 1. The molecule has 1 aromatic carbocycles. The molecule has 0 saturated carbocycles. The molecular formula is C15H12O4. The summed E-state index contributed by atoms with van der Waals surface area (Å²) in [6.07, 6.45) is 3.01. The minimum absolute atomic E-state index is 0.213. The maximum Gasteiger partial charge on any atom is 0.335 e. The molecule has 0 saturated heterocycles. The average molecular weight is 256 g/mol. The van der Waals surface area contributed by atoms with Gasteiger partial charge in [-0.3, -0.25) is 4.79 Å². The quantitative estimate of drug-likeness (QED) is 0.673. The smallest absolute Gasteiger partial charge is 0.335 e. The lowest BCUT2D eigenvalue weighted by Crippen LogP contribution is -1.95. The van der Waals surface area contributed by atoms with E-state index in [2.05, 4.69) is 0 Å². The Morgan fingerprint density at radius 3 is 2.32 bits per heavy atom. The molecule has 96 valence electrons. The highest BCUT2D eigenvalue weighted by Gasteiger charge is 2.06. The summed E-state index contributed by atoms with van der Waals surface area (Å²) in [5, 5.41) is 8.76. The topological polar surface area (TPSA) is 67.5 Å². The van der Waals surface area contributed by atoms with Gasteiger partial charge in [-0.1, -0.05) is 18.2 Å². The third-order valence-corrected chi connectivity index (χ3v) is 2.57. The zero-order chi connectivity index (χ0) is 13.8. The summed E-state index contributed by atoms with van der Waals surface area (Å²) in [6.45, 7) is 1.77. The summed E-state index contributed by atoms with van der Waals surface area (Å²) < 4.78 is 5.21. The van der Waals surface area contributed by atoms with Crippen LogP contribution in [-0.2, 0) is 0 Å². The van der Waals surface area contributed by atoms with Gasteiger partial charge >= 0.3 is 5.97 Å². The molecule has 0 spiro atoms. The number of hydrogen-bond acceptors (Lipinski definition) is 3. The molecule has 4 nitrogen and oxygen atoms in total. The molecule has 0 atom stereocenters. The molecule has 2 aromatic rings. The minimum atomic E-state index is -0.974. The van der Waals surface area contributed by atoms with E-state index in [0.29, 0.717) is 5.76 Å². The van der Waals surface area contributed by atoms with E-state index in [0.717, 1.165) is 5.56 Å². The first-order valence-corrected chi connectivity index (χ1v) is 5.68. The van der Waals surface area contributed by atoms with E-state index >= 15 is 0 Å². The summed E-state index contributed by atoms with van der Waals surface area (Å²) in [5.41, 5.74) is 0.965. The van der Waals surface area contributed by atoms with Crippen molar-refractivity contribution < 1.29 is 19.1 Å². The third kappa shape index (κ3) is 3.19. The first-order valence-electron chi connectivity index (χ1n) is 5.68. The van der Waals surface area contributed by atoms with Crippen molar-refractivity contribution in [3.8, 4) is 0 Å². The van der Waals surface area contributed by atoms with Crippen molar-refractivity contribution in [2.75, 3.05) is 0 Å². The second-order valence-electron chi connectivity index (χ2n) is 4.04. The van der Waals surface area contributed by atoms with Crippen molar-refractivity contribution in [3.05, 3.63) is 65.1 Å². The summed E-state index contributed by atoms with van der Waals surface area (Å²) in [7, 11) is 0. The van der Waals surface area contributed by atoms with Crippen molar-refractivity contribution in [1.29, 1.82) is 0 Å². The molecule has 0 radical (unpaired) electrons. The van der Waals surface area contributed by atoms with Gasteiger partial charge in [0, 0.05) is 0 Å². The summed E-state index contributed by atoms with van der Waals surface area (Å²) in [6, 6.07) is 9.60. The SMILES string of the molecule is Cc1ccc(C(=O)/C=C/c2ccc(C(=O)O)cc2)o1. The molecular weight excluding hydrogens is 244 g/mol. The highest BCUT2D eigenvalue weighted by molar-refractivity contribution is 6.04. The lowest BCUT2D eigenvalue weighted by atomic mass is 10.1. The highest BCUT2D eigenvalue weighted by atomic mass is 16.4. The van der Waals surface area contributed by atoms with Crippen LogP contribution in [-0.4, -0.2) is 16.9 Å². The van der Waals surface area contributed by atoms with Gasteiger partial charge in [-0.05, 0) is 42.8 Å². The predicted molar refractivity (Wildman–Crippen MR) is 70.2 cm³/mol. The zero-order valence-electron chi connectivity index (χ0n) is 10.3. The molecule has 0 aliphatic carbocycles. The normalized spacial score (nSPS) is 10.8. The van der Waals surface area contributed by atoms with Gasteiger partial charge < -0.3 is 9.52 Å². The van der Waals surface area contributed by atoms with E-state index in [4.69, 9.17) is 9.52 Å². The maximum atomic E-state index is 11.7. The highest BCUT2D eigenvalue weighted by Crippen LogP contribution is 2.10. The van der Waals surface area contributed by atoms with Crippen LogP contribution in [0.3, 0.4) is 0 Å². The molecule has 0 aliphatic rings. The second kappa shape index (κ2) is 5.35. The van der Waals surface area contributed by atoms with Crippen LogP contribution in [0.2, 0.25) is 0 Å². The zero-order valence-corrected chi connectivity index (χ0v) is 10.3. The maximum absolute atomic E-state index is 11.7. The summed E-state index contributed by atoms with van der Waals surface area (Å²) in [5.74, 6) is -0.230. The van der Waals surface area contributed by atoms with Crippen LogP contribution in [0.15, 0.2) is 46.9 Å². The second-order valence-corrected chi connectivity index (χ2v) is 4.04. The van der Waals surface area contributed by atoms with E-state index in [1.54, 1.807) is 37.3 Å². The van der Waals surface area contributed by atoms with E-state index in [-0.39, 0.29) is 17.1 Å². The van der Waals surface area contributed by atoms with Crippen LogP contribution in [0.5, 0.6) is 0 Å². The number of ketones is 1. The van der Waals surface area contributed by atoms with Gasteiger partial charge in [0.05, 0.1) is 5.56 Å². The lowest BCUT2D eigenvalue weighted by Gasteiger charge is -1.95. The Morgan fingerprint density at radius 2 is 1.79 bits per heavy atom. The van der Waals surface area contributed by atoms with E-state index in [9.17, 15) is 9.59 Å². The van der Waals surface area contributed by atoms with Gasteiger partial charge in [-0.2, -0.15) is 0 Å². The molecule has 0 unspecified atom stereocenters. The lowest BCUT2D eigenvalue weighted by molar-refractivity contribution is 0.0696. The fourth-order valence-electron chi connectivity index (χ4n) is 1.56. The van der Waals surface area contributed by atoms with Gasteiger partial charge in [0.2, 0.25) is 5.78 Å². The monoisotopic (exact) mass is 256 g/mol. The number of aryl methyl sites for hydroxylation is 1. The summed E-state index contributed by atoms with van der Waals surface area (Å²) >= 11 is 0. The van der Waals surface area contributed by atoms with E-state index in [1.165, 1.54) is 18.2 Å². The molecule has 0 bridgehead atoms.